The first-order chi connectivity index (χ1) is 3.72. The molecule has 0 atom stereocenters. The zero-order chi connectivity index (χ0) is 6.15. The molecule has 1 aromatic heterocycles. The van der Waals surface area contributed by atoms with Crippen molar-refractivity contribution in [1.82, 2.24) is 4.98 Å². The third-order valence-corrected chi connectivity index (χ3v) is 0.717. The summed E-state index contributed by atoms with van der Waals surface area (Å²) < 4.78 is 0. The van der Waals surface area contributed by atoms with E-state index in [4.69, 9.17) is 0 Å². The summed E-state index contributed by atoms with van der Waals surface area (Å²) in [5.74, 6) is 0. The lowest BCUT2D eigenvalue weighted by molar-refractivity contribution is 1.30. The quantitative estimate of drug-likeness (QED) is 0.364. The van der Waals surface area contributed by atoms with E-state index in [1.807, 2.05) is 0 Å². The fourth-order valence-electron chi connectivity index (χ4n) is 0.340. The zero-order valence-electron chi connectivity index (χ0n) is 3.75. The highest BCUT2D eigenvalue weighted by atomic mass is 16.2. The van der Waals surface area contributed by atoms with Crippen LogP contribution in [-0.2, 0) is 0 Å². The summed E-state index contributed by atoms with van der Waals surface area (Å²) in [6.45, 7) is 0. The molecule has 0 amide bonds. The molecule has 0 spiro atoms. The van der Waals surface area contributed by atoms with Gasteiger partial charge in [-0.3, -0.25) is 14.4 Å². The van der Waals surface area contributed by atoms with E-state index >= 15 is 0 Å². The van der Waals surface area contributed by atoms with Crippen molar-refractivity contribution in [2.75, 3.05) is 0 Å². The Balaban J connectivity index is 3.94. The largest absolute Gasteiger partial charge is 0.321 e. The third-order valence-electron chi connectivity index (χ3n) is 0.717. The van der Waals surface area contributed by atoms with Crippen LogP contribution >= 0.6 is 0 Å². The van der Waals surface area contributed by atoms with E-state index in [0.29, 0.717) is 0 Å². The number of aromatic nitrogens is 1. The molecule has 4 nitrogen and oxygen atoms in total. The topological polar surface area (TPSA) is 64.1 Å². The molecule has 1 rings (SSSR count). The van der Waals surface area contributed by atoms with Crippen LogP contribution in [0, 0.1) is 0 Å². The highest BCUT2D eigenvalue weighted by Crippen LogP contribution is 1.40. The van der Waals surface area contributed by atoms with Crippen LogP contribution in [0.15, 0.2) is 20.6 Å². The second-order valence-corrected chi connectivity index (χ2v) is 1.26. The van der Waals surface area contributed by atoms with Crippen molar-refractivity contribution < 1.29 is 0 Å². The molecule has 0 N–H and O–H groups in total. The Morgan fingerprint density at radius 3 is 2.00 bits per heavy atom. The summed E-state index contributed by atoms with van der Waals surface area (Å²) in [6, 6.07) is 0. The van der Waals surface area contributed by atoms with Crippen LogP contribution in [0.5, 0.6) is 0 Å². The maximum absolute atomic E-state index is 10.1. The average molecular weight is 111 g/mol. The SMILES string of the molecule is O=c1cnc(=O)c1=O. The highest BCUT2D eigenvalue weighted by Gasteiger charge is 1.98. The van der Waals surface area contributed by atoms with E-state index < -0.39 is 16.4 Å². The molecule has 0 aliphatic rings. The Hall–Kier alpha value is -1.32. The minimum absolute atomic E-state index is 0.727. The maximum Gasteiger partial charge on any atom is 0.321 e. The lowest BCUT2D eigenvalue weighted by Crippen LogP contribution is -2.29. The molecule has 0 saturated carbocycles. The molecule has 0 saturated heterocycles. The van der Waals surface area contributed by atoms with Gasteiger partial charge >= 0.3 is 5.56 Å². The Morgan fingerprint density at radius 1 is 1.25 bits per heavy atom. The standard InChI is InChI=1S/C4HNO3/c6-2-1-5-4(8)3(2)7/h1H. The van der Waals surface area contributed by atoms with Crippen molar-refractivity contribution >= 4 is 0 Å². The molecular weight excluding hydrogens is 110 g/mol. The predicted octanol–water partition coefficient (Wildman–Crippen LogP) is -1.96. The first-order valence-electron chi connectivity index (χ1n) is 1.88. The van der Waals surface area contributed by atoms with Gasteiger partial charge in [-0.25, -0.2) is 4.98 Å². The first kappa shape index (κ1) is 4.83. The van der Waals surface area contributed by atoms with Gasteiger partial charge in [0.25, 0.3) is 5.43 Å². The van der Waals surface area contributed by atoms with E-state index in [0.717, 1.165) is 6.20 Å². The molecular formula is C4HNO3. The molecule has 1 heterocycles. The minimum atomic E-state index is -1.04. The fraction of sp³-hybridized carbons (Fsp3) is 0. The highest BCUT2D eigenvalue weighted by molar-refractivity contribution is 4.90. The van der Waals surface area contributed by atoms with Gasteiger partial charge in [0.2, 0.25) is 5.43 Å². The van der Waals surface area contributed by atoms with Crippen molar-refractivity contribution in [3.8, 4) is 0 Å². The van der Waals surface area contributed by atoms with Crippen LogP contribution in [0.25, 0.3) is 0 Å². The summed E-state index contributed by atoms with van der Waals surface area (Å²) in [4.78, 5) is 33.1. The van der Waals surface area contributed by atoms with Gasteiger partial charge in [0.15, 0.2) is 0 Å². The first-order valence-corrected chi connectivity index (χ1v) is 1.88. The van der Waals surface area contributed by atoms with Gasteiger partial charge in [0.1, 0.15) is 0 Å². The van der Waals surface area contributed by atoms with Gasteiger partial charge in [-0.05, 0) is 0 Å². The third kappa shape index (κ3) is 0.465. The molecule has 0 aliphatic heterocycles. The lowest BCUT2D eigenvalue weighted by Gasteiger charge is -1.46. The van der Waals surface area contributed by atoms with Gasteiger partial charge in [-0.1, -0.05) is 0 Å². The van der Waals surface area contributed by atoms with E-state index in [1.165, 1.54) is 0 Å². The van der Waals surface area contributed by atoms with Gasteiger partial charge in [0, 0.05) is 0 Å². The minimum Gasteiger partial charge on any atom is -0.284 e. The van der Waals surface area contributed by atoms with Crippen molar-refractivity contribution in [1.29, 1.82) is 0 Å². The second-order valence-electron chi connectivity index (χ2n) is 1.26. The van der Waals surface area contributed by atoms with E-state index in [1.54, 1.807) is 0 Å². The molecule has 0 fully saturated rings. The van der Waals surface area contributed by atoms with Crippen LogP contribution < -0.4 is 16.4 Å². The lowest BCUT2D eigenvalue weighted by atomic mass is 10.6. The average Bonchev–Trinajstić information content (AvgIpc) is 1.98. The van der Waals surface area contributed by atoms with Crippen LogP contribution in [0.3, 0.4) is 0 Å². The van der Waals surface area contributed by atoms with Gasteiger partial charge < -0.3 is 0 Å². The Kier molecular flexibility index (Phi) is 0.802. The molecule has 0 aliphatic carbocycles. The summed E-state index contributed by atoms with van der Waals surface area (Å²) in [5, 5.41) is 0. The molecule has 8 heavy (non-hydrogen) atoms. The normalized spacial score (nSPS) is 9.50. The molecule has 0 bridgehead atoms. The monoisotopic (exact) mass is 111 g/mol. The van der Waals surface area contributed by atoms with Crippen molar-refractivity contribution in [3.05, 3.63) is 37.0 Å². The van der Waals surface area contributed by atoms with Gasteiger partial charge in [0.05, 0.1) is 6.20 Å². The molecule has 0 radical (unpaired) electrons. The van der Waals surface area contributed by atoms with Crippen LogP contribution in [0.1, 0.15) is 0 Å². The van der Waals surface area contributed by atoms with Crippen LogP contribution in [0.4, 0.5) is 0 Å². The van der Waals surface area contributed by atoms with Gasteiger partial charge in [-0.15, -0.1) is 0 Å². The predicted molar refractivity (Wildman–Crippen MR) is 25.4 cm³/mol. The Bertz CT molecular complexity index is 289. The Labute approximate surface area is 43.1 Å². The zero-order valence-corrected chi connectivity index (χ0v) is 3.75. The Morgan fingerprint density at radius 2 is 1.88 bits per heavy atom. The number of rotatable bonds is 0. The summed E-state index contributed by atoms with van der Waals surface area (Å²) >= 11 is 0. The second kappa shape index (κ2) is 1.33. The smallest absolute Gasteiger partial charge is 0.284 e. The molecule has 0 unspecified atom stereocenters. The van der Waals surface area contributed by atoms with Crippen LogP contribution in [0.2, 0.25) is 0 Å². The fourth-order valence-corrected chi connectivity index (χ4v) is 0.340. The summed E-state index contributed by atoms with van der Waals surface area (Å²) in [6.07, 6.45) is 0.727. The van der Waals surface area contributed by atoms with E-state index in [-0.39, 0.29) is 0 Å². The number of hydrogen-bond donors (Lipinski definition) is 0. The van der Waals surface area contributed by atoms with E-state index in [2.05, 4.69) is 4.98 Å². The molecule has 4 heteroatoms. The van der Waals surface area contributed by atoms with E-state index in [9.17, 15) is 14.4 Å². The number of nitrogens with zero attached hydrogens (tertiary/aromatic N) is 1. The maximum atomic E-state index is 10.1. The van der Waals surface area contributed by atoms with Gasteiger partial charge in [-0.2, -0.15) is 0 Å². The number of hydrogen-bond acceptors (Lipinski definition) is 4. The summed E-state index contributed by atoms with van der Waals surface area (Å²) in [5.41, 5.74) is -2.82. The molecule has 40 valence electrons. The molecule has 0 aromatic carbocycles. The van der Waals surface area contributed by atoms with Crippen molar-refractivity contribution in [3.63, 3.8) is 0 Å². The van der Waals surface area contributed by atoms with Crippen molar-refractivity contribution in [2.24, 2.45) is 0 Å². The summed E-state index contributed by atoms with van der Waals surface area (Å²) in [7, 11) is 0. The molecule has 1 aromatic rings. The van der Waals surface area contributed by atoms with Crippen LogP contribution in [-0.4, -0.2) is 4.98 Å². The van der Waals surface area contributed by atoms with Crippen molar-refractivity contribution in [2.45, 2.75) is 0 Å².